The third kappa shape index (κ3) is 6.54. The van der Waals surface area contributed by atoms with Crippen LogP contribution in [0, 0.1) is 5.92 Å². The highest BCUT2D eigenvalue weighted by Gasteiger charge is 2.26. The van der Waals surface area contributed by atoms with Crippen molar-refractivity contribution in [2.24, 2.45) is 5.92 Å². The summed E-state index contributed by atoms with van der Waals surface area (Å²) in [5.74, 6) is 0.209. The summed E-state index contributed by atoms with van der Waals surface area (Å²) < 4.78 is 28.2. The van der Waals surface area contributed by atoms with Gasteiger partial charge in [0.25, 0.3) is 0 Å². The molecule has 30 heavy (non-hydrogen) atoms. The maximum atomic E-state index is 13.2. The summed E-state index contributed by atoms with van der Waals surface area (Å²) in [5, 5.41) is 4.07. The Labute approximate surface area is 186 Å². The van der Waals surface area contributed by atoms with Crippen molar-refractivity contribution in [1.82, 2.24) is 19.8 Å². The standard InChI is InChI=1S/C22H34N4O2S2/c1-16(2)13-26-20(14-25(18(5)6)21(29)24-17(3)4)12-23-22(26)30(27,28)15-19-10-8-7-9-11-19/h7-12,16-18H,13-15H2,1-6H3,(H,24,29). The van der Waals surface area contributed by atoms with Crippen LogP contribution in [0.5, 0.6) is 0 Å². The molecular formula is C22H34N4O2S2. The quantitative estimate of drug-likeness (QED) is 0.583. The van der Waals surface area contributed by atoms with E-state index in [0.29, 0.717) is 18.2 Å². The first-order valence-corrected chi connectivity index (χ1v) is 12.5. The topological polar surface area (TPSA) is 67.2 Å². The number of hydrogen-bond acceptors (Lipinski definition) is 4. The molecule has 2 rings (SSSR count). The molecule has 0 bridgehead atoms. The molecule has 0 spiro atoms. The highest BCUT2D eigenvalue weighted by molar-refractivity contribution is 7.90. The maximum Gasteiger partial charge on any atom is 0.228 e. The molecule has 0 aliphatic rings. The largest absolute Gasteiger partial charge is 0.360 e. The predicted molar refractivity (Wildman–Crippen MR) is 126 cm³/mol. The van der Waals surface area contributed by atoms with Crippen LogP contribution in [0.4, 0.5) is 0 Å². The Hall–Kier alpha value is -1.93. The molecule has 1 N–H and O–H groups in total. The number of sulfone groups is 1. The maximum absolute atomic E-state index is 13.2. The molecule has 2 aromatic rings. The second kappa shape index (κ2) is 10.4. The summed E-state index contributed by atoms with van der Waals surface area (Å²) in [7, 11) is -3.58. The van der Waals surface area contributed by atoms with Crippen molar-refractivity contribution in [3.05, 3.63) is 47.8 Å². The van der Waals surface area contributed by atoms with Crippen molar-refractivity contribution in [1.29, 1.82) is 0 Å². The fraction of sp³-hybridized carbons (Fsp3) is 0.545. The van der Waals surface area contributed by atoms with Gasteiger partial charge in [-0.05, 0) is 51.4 Å². The highest BCUT2D eigenvalue weighted by Crippen LogP contribution is 2.21. The lowest BCUT2D eigenvalue weighted by Gasteiger charge is -2.31. The average Bonchev–Trinajstić information content (AvgIpc) is 3.01. The van der Waals surface area contributed by atoms with E-state index < -0.39 is 9.84 Å². The minimum atomic E-state index is -3.58. The Bertz CT molecular complexity index is 935. The number of rotatable bonds is 9. The van der Waals surface area contributed by atoms with E-state index >= 15 is 0 Å². The minimum absolute atomic E-state index is 0.0659. The van der Waals surface area contributed by atoms with Crippen LogP contribution >= 0.6 is 12.2 Å². The summed E-state index contributed by atoms with van der Waals surface area (Å²) in [6.07, 6.45) is 1.67. The van der Waals surface area contributed by atoms with Gasteiger partial charge in [0.05, 0.1) is 24.2 Å². The van der Waals surface area contributed by atoms with Crippen LogP contribution in [0.1, 0.15) is 52.8 Å². The van der Waals surface area contributed by atoms with Gasteiger partial charge in [0.15, 0.2) is 5.11 Å². The fourth-order valence-electron chi connectivity index (χ4n) is 3.18. The fourth-order valence-corrected chi connectivity index (χ4v) is 5.19. The van der Waals surface area contributed by atoms with E-state index in [0.717, 1.165) is 11.3 Å². The summed E-state index contributed by atoms with van der Waals surface area (Å²) in [6.45, 7) is 13.5. The van der Waals surface area contributed by atoms with Gasteiger partial charge in [0, 0.05) is 18.6 Å². The molecule has 0 saturated heterocycles. The Kier molecular flexibility index (Phi) is 8.43. The summed E-state index contributed by atoms with van der Waals surface area (Å²) in [5.41, 5.74) is 1.60. The lowest BCUT2D eigenvalue weighted by Crippen LogP contribution is -2.46. The Morgan fingerprint density at radius 3 is 2.30 bits per heavy atom. The van der Waals surface area contributed by atoms with Crippen LogP contribution in [0.3, 0.4) is 0 Å². The first-order chi connectivity index (χ1) is 14.0. The van der Waals surface area contributed by atoms with Gasteiger partial charge in [-0.15, -0.1) is 0 Å². The van der Waals surface area contributed by atoms with Gasteiger partial charge in [-0.1, -0.05) is 44.2 Å². The third-order valence-corrected chi connectivity index (χ3v) is 6.50. The lowest BCUT2D eigenvalue weighted by atomic mass is 10.2. The molecule has 0 saturated carbocycles. The zero-order valence-corrected chi connectivity index (χ0v) is 20.4. The molecule has 8 heteroatoms. The third-order valence-electron chi connectivity index (χ3n) is 4.56. The second-order valence-electron chi connectivity index (χ2n) is 8.61. The molecule has 0 fully saturated rings. The van der Waals surface area contributed by atoms with E-state index in [1.807, 2.05) is 48.7 Å². The van der Waals surface area contributed by atoms with Crippen molar-refractivity contribution in [3.63, 3.8) is 0 Å². The highest BCUT2D eigenvalue weighted by atomic mass is 32.2. The van der Waals surface area contributed by atoms with Gasteiger partial charge in [0.1, 0.15) is 0 Å². The Morgan fingerprint density at radius 2 is 1.77 bits per heavy atom. The monoisotopic (exact) mass is 450 g/mol. The summed E-state index contributed by atoms with van der Waals surface area (Å²) >= 11 is 5.59. The zero-order valence-electron chi connectivity index (χ0n) is 18.8. The van der Waals surface area contributed by atoms with Crippen molar-refractivity contribution in [2.75, 3.05) is 0 Å². The van der Waals surface area contributed by atoms with Crippen LogP contribution in [0.2, 0.25) is 0 Å². The second-order valence-corrected chi connectivity index (χ2v) is 10.9. The van der Waals surface area contributed by atoms with Crippen LogP contribution < -0.4 is 5.32 Å². The lowest BCUT2D eigenvalue weighted by molar-refractivity contribution is 0.320. The molecule has 166 valence electrons. The van der Waals surface area contributed by atoms with Gasteiger partial charge in [-0.2, -0.15) is 0 Å². The summed E-state index contributed by atoms with van der Waals surface area (Å²) in [6, 6.07) is 9.61. The predicted octanol–water partition coefficient (Wildman–Crippen LogP) is 4.01. The van der Waals surface area contributed by atoms with Gasteiger partial charge in [-0.25, -0.2) is 13.4 Å². The van der Waals surface area contributed by atoms with Crippen molar-refractivity contribution >= 4 is 27.2 Å². The van der Waals surface area contributed by atoms with E-state index in [1.165, 1.54) is 0 Å². The van der Waals surface area contributed by atoms with Crippen LogP contribution in [0.25, 0.3) is 0 Å². The molecule has 1 heterocycles. The average molecular weight is 451 g/mol. The Morgan fingerprint density at radius 1 is 1.13 bits per heavy atom. The van der Waals surface area contributed by atoms with Crippen LogP contribution in [-0.4, -0.2) is 40.1 Å². The number of imidazole rings is 1. The van der Waals surface area contributed by atoms with Crippen molar-refractivity contribution < 1.29 is 8.42 Å². The molecule has 0 atom stereocenters. The molecule has 0 amide bonds. The molecular weight excluding hydrogens is 416 g/mol. The normalized spacial score (nSPS) is 12.0. The number of nitrogens with one attached hydrogen (secondary N) is 1. The molecule has 0 radical (unpaired) electrons. The summed E-state index contributed by atoms with van der Waals surface area (Å²) in [4.78, 5) is 6.42. The van der Waals surface area contributed by atoms with Gasteiger partial charge >= 0.3 is 0 Å². The van der Waals surface area contributed by atoms with Gasteiger partial charge in [-0.3, -0.25) is 0 Å². The minimum Gasteiger partial charge on any atom is -0.360 e. The number of nitrogens with zero attached hydrogens (tertiary/aromatic N) is 3. The molecule has 6 nitrogen and oxygen atoms in total. The first-order valence-electron chi connectivity index (χ1n) is 10.4. The van der Waals surface area contributed by atoms with Crippen LogP contribution in [0.15, 0.2) is 41.7 Å². The molecule has 0 aliphatic carbocycles. The number of hydrogen-bond donors (Lipinski definition) is 1. The first kappa shape index (κ1) is 24.3. The van der Waals surface area contributed by atoms with Gasteiger partial charge in [0.2, 0.25) is 15.0 Å². The molecule has 1 aromatic carbocycles. The number of benzene rings is 1. The van der Waals surface area contributed by atoms with E-state index in [-0.39, 0.29) is 28.9 Å². The smallest absolute Gasteiger partial charge is 0.228 e. The van der Waals surface area contributed by atoms with E-state index in [9.17, 15) is 8.42 Å². The zero-order chi connectivity index (χ0) is 22.5. The molecule has 0 unspecified atom stereocenters. The van der Waals surface area contributed by atoms with Crippen molar-refractivity contribution in [2.45, 2.75) is 77.6 Å². The van der Waals surface area contributed by atoms with Crippen LogP contribution in [-0.2, 0) is 28.7 Å². The van der Waals surface area contributed by atoms with Crippen molar-refractivity contribution in [3.8, 4) is 0 Å². The van der Waals surface area contributed by atoms with E-state index in [2.05, 4.69) is 42.9 Å². The van der Waals surface area contributed by atoms with E-state index in [1.54, 1.807) is 6.20 Å². The Balaban J connectivity index is 2.39. The number of aromatic nitrogens is 2. The van der Waals surface area contributed by atoms with Gasteiger partial charge < -0.3 is 14.8 Å². The van der Waals surface area contributed by atoms with E-state index in [4.69, 9.17) is 12.2 Å². The number of thiocarbonyl (C=S) groups is 1. The molecule has 1 aromatic heterocycles. The SMILES string of the molecule is CC(C)Cn1c(CN(C(=S)NC(C)C)C(C)C)cnc1S(=O)(=O)Cc1ccccc1. The molecule has 0 aliphatic heterocycles.